The van der Waals surface area contributed by atoms with Crippen LogP contribution in [0.25, 0.3) is 5.76 Å². The molecule has 2 heterocycles. The molecular formula is C19H20N2O4. The van der Waals surface area contributed by atoms with Gasteiger partial charge in [-0.2, -0.15) is 0 Å². The predicted molar refractivity (Wildman–Crippen MR) is 93.4 cm³/mol. The third-order valence-electron chi connectivity index (χ3n) is 3.61. The van der Waals surface area contributed by atoms with Gasteiger partial charge in [0.1, 0.15) is 18.6 Å². The summed E-state index contributed by atoms with van der Waals surface area (Å²) in [6, 6.07) is 11.2. The van der Waals surface area contributed by atoms with Gasteiger partial charge in [-0.15, -0.1) is 0 Å². The van der Waals surface area contributed by atoms with Crippen LogP contribution in [0, 0.1) is 6.92 Å². The Balaban J connectivity index is 1.66. The van der Waals surface area contributed by atoms with Crippen molar-refractivity contribution in [2.45, 2.75) is 33.2 Å². The first-order valence-electron chi connectivity index (χ1n) is 7.95. The van der Waals surface area contributed by atoms with Gasteiger partial charge in [0.15, 0.2) is 5.76 Å². The van der Waals surface area contributed by atoms with Crippen LogP contribution in [0.3, 0.4) is 0 Å². The molecule has 1 N–H and O–H groups in total. The highest BCUT2D eigenvalue weighted by molar-refractivity contribution is 5.86. The molecular weight excluding hydrogens is 320 g/mol. The van der Waals surface area contributed by atoms with Crippen LogP contribution in [0.4, 0.5) is 10.5 Å². The summed E-state index contributed by atoms with van der Waals surface area (Å²) < 4.78 is 16.3. The molecule has 0 radical (unpaired) electrons. The number of nitrogens with zero attached hydrogens (tertiary/aromatic N) is 1. The fourth-order valence-electron chi connectivity index (χ4n) is 2.28. The van der Waals surface area contributed by atoms with Crippen molar-refractivity contribution in [3.05, 3.63) is 65.7 Å². The van der Waals surface area contributed by atoms with E-state index in [2.05, 4.69) is 10.3 Å². The SMILES string of the molecule is Cc1cnc(C2=COC(C)(C)O2)cc1NC(=O)OCc1ccccc1. The van der Waals surface area contributed by atoms with E-state index in [1.165, 1.54) is 6.26 Å². The van der Waals surface area contributed by atoms with Gasteiger partial charge in [0.05, 0.1) is 5.69 Å². The molecule has 130 valence electrons. The normalized spacial score (nSPS) is 14.9. The van der Waals surface area contributed by atoms with Crippen molar-refractivity contribution in [2.75, 3.05) is 5.32 Å². The summed E-state index contributed by atoms with van der Waals surface area (Å²) >= 11 is 0. The summed E-state index contributed by atoms with van der Waals surface area (Å²) in [7, 11) is 0. The maximum Gasteiger partial charge on any atom is 0.411 e. The molecule has 1 amide bonds. The zero-order valence-electron chi connectivity index (χ0n) is 14.4. The molecule has 1 aliphatic heterocycles. The number of carbonyl (C=O) groups excluding carboxylic acids is 1. The maximum absolute atomic E-state index is 12.0. The van der Waals surface area contributed by atoms with Crippen LogP contribution in [0.2, 0.25) is 0 Å². The van der Waals surface area contributed by atoms with Gasteiger partial charge in [0.25, 0.3) is 0 Å². The predicted octanol–water partition coefficient (Wildman–Crippen LogP) is 4.22. The van der Waals surface area contributed by atoms with Crippen molar-refractivity contribution in [3.63, 3.8) is 0 Å². The summed E-state index contributed by atoms with van der Waals surface area (Å²) in [6.45, 7) is 5.68. The average Bonchev–Trinajstić information content (AvgIpc) is 2.96. The van der Waals surface area contributed by atoms with Gasteiger partial charge in [-0.3, -0.25) is 10.3 Å². The number of hydrogen-bond donors (Lipinski definition) is 1. The second-order valence-electron chi connectivity index (χ2n) is 6.17. The minimum Gasteiger partial charge on any atom is -0.457 e. The third-order valence-corrected chi connectivity index (χ3v) is 3.61. The first kappa shape index (κ1) is 16.8. The second kappa shape index (κ2) is 6.84. The van der Waals surface area contributed by atoms with Gasteiger partial charge < -0.3 is 14.2 Å². The Labute approximate surface area is 146 Å². The Morgan fingerprint density at radius 2 is 2.04 bits per heavy atom. The maximum atomic E-state index is 12.0. The van der Waals surface area contributed by atoms with Gasteiger partial charge in [-0.05, 0) is 24.1 Å². The van der Waals surface area contributed by atoms with E-state index in [4.69, 9.17) is 14.2 Å². The van der Waals surface area contributed by atoms with Gasteiger partial charge in [-0.25, -0.2) is 4.79 Å². The molecule has 0 bridgehead atoms. The molecule has 0 fully saturated rings. The first-order valence-corrected chi connectivity index (χ1v) is 7.95. The zero-order chi connectivity index (χ0) is 17.9. The number of benzene rings is 1. The molecule has 0 unspecified atom stereocenters. The molecule has 1 aliphatic rings. The van der Waals surface area contributed by atoms with E-state index in [0.717, 1.165) is 11.1 Å². The summed E-state index contributed by atoms with van der Waals surface area (Å²) in [6.07, 6.45) is 2.66. The number of amides is 1. The Morgan fingerprint density at radius 1 is 1.28 bits per heavy atom. The highest BCUT2D eigenvalue weighted by Gasteiger charge is 2.29. The van der Waals surface area contributed by atoms with Gasteiger partial charge in [0.2, 0.25) is 5.79 Å². The Kier molecular flexibility index (Phi) is 4.61. The van der Waals surface area contributed by atoms with Crippen molar-refractivity contribution in [3.8, 4) is 0 Å². The number of rotatable bonds is 4. The van der Waals surface area contributed by atoms with E-state index in [-0.39, 0.29) is 6.61 Å². The van der Waals surface area contributed by atoms with E-state index in [0.29, 0.717) is 17.1 Å². The minimum absolute atomic E-state index is 0.208. The van der Waals surface area contributed by atoms with Crippen molar-refractivity contribution in [2.24, 2.45) is 0 Å². The number of aromatic nitrogens is 1. The molecule has 1 aromatic heterocycles. The van der Waals surface area contributed by atoms with E-state index < -0.39 is 11.9 Å². The smallest absolute Gasteiger partial charge is 0.411 e. The Bertz CT molecular complexity index is 800. The van der Waals surface area contributed by atoms with E-state index in [9.17, 15) is 4.79 Å². The van der Waals surface area contributed by atoms with Gasteiger partial charge >= 0.3 is 6.09 Å². The Hall–Kier alpha value is -3.02. The molecule has 0 saturated heterocycles. The molecule has 0 atom stereocenters. The van der Waals surface area contributed by atoms with Crippen molar-refractivity contribution in [1.29, 1.82) is 0 Å². The molecule has 6 nitrogen and oxygen atoms in total. The van der Waals surface area contributed by atoms with Crippen LogP contribution in [-0.2, 0) is 20.8 Å². The second-order valence-corrected chi connectivity index (χ2v) is 6.17. The number of pyridine rings is 1. The lowest BCUT2D eigenvalue weighted by molar-refractivity contribution is -0.102. The van der Waals surface area contributed by atoms with Crippen molar-refractivity contribution in [1.82, 2.24) is 4.98 Å². The molecule has 0 saturated carbocycles. The molecule has 6 heteroatoms. The summed E-state index contributed by atoms with van der Waals surface area (Å²) in [5.74, 6) is -0.199. The molecule has 0 aliphatic carbocycles. The fourth-order valence-corrected chi connectivity index (χ4v) is 2.28. The van der Waals surface area contributed by atoms with Crippen LogP contribution < -0.4 is 5.32 Å². The first-order chi connectivity index (χ1) is 11.9. The summed E-state index contributed by atoms with van der Waals surface area (Å²) in [5, 5.41) is 2.74. The zero-order valence-corrected chi connectivity index (χ0v) is 14.4. The molecule has 25 heavy (non-hydrogen) atoms. The van der Waals surface area contributed by atoms with Crippen LogP contribution in [0.15, 0.2) is 48.9 Å². The van der Waals surface area contributed by atoms with Crippen LogP contribution in [0.1, 0.15) is 30.7 Å². The number of nitrogens with one attached hydrogen (secondary N) is 1. The lowest BCUT2D eigenvalue weighted by Gasteiger charge is -2.18. The number of carbonyl (C=O) groups is 1. The number of aryl methyl sites for hydroxylation is 1. The lowest BCUT2D eigenvalue weighted by atomic mass is 10.2. The quantitative estimate of drug-likeness (QED) is 0.902. The average molecular weight is 340 g/mol. The van der Waals surface area contributed by atoms with Crippen molar-refractivity contribution >= 4 is 17.5 Å². The van der Waals surface area contributed by atoms with Gasteiger partial charge in [0, 0.05) is 20.0 Å². The highest BCUT2D eigenvalue weighted by Crippen LogP contribution is 2.31. The molecule has 1 aromatic carbocycles. The summed E-state index contributed by atoms with van der Waals surface area (Å²) in [5.41, 5.74) is 2.93. The minimum atomic E-state index is -0.718. The van der Waals surface area contributed by atoms with Crippen LogP contribution in [0.5, 0.6) is 0 Å². The third kappa shape index (κ3) is 4.29. The van der Waals surface area contributed by atoms with E-state index >= 15 is 0 Å². The summed E-state index contributed by atoms with van der Waals surface area (Å²) in [4.78, 5) is 16.4. The Morgan fingerprint density at radius 3 is 2.72 bits per heavy atom. The standard InChI is InChI=1S/C19H20N2O4/c1-13-10-20-16(17-12-24-19(2,3)25-17)9-15(13)21-18(22)23-11-14-7-5-4-6-8-14/h4-10,12H,11H2,1-3H3,(H,20,21,22). The van der Waals surface area contributed by atoms with E-state index in [1.807, 2.05) is 51.1 Å². The van der Waals surface area contributed by atoms with Gasteiger partial charge in [-0.1, -0.05) is 30.3 Å². The van der Waals surface area contributed by atoms with Crippen molar-refractivity contribution < 1.29 is 19.0 Å². The highest BCUT2D eigenvalue weighted by atomic mass is 16.7. The molecule has 3 rings (SSSR count). The van der Waals surface area contributed by atoms with E-state index in [1.54, 1.807) is 12.3 Å². The number of ether oxygens (including phenoxy) is 3. The lowest BCUT2D eigenvalue weighted by Crippen LogP contribution is -2.20. The number of anilines is 1. The molecule has 0 spiro atoms. The monoisotopic (exact) mass is 340 g/mol. The van der Waals surface area contributed by atoms with Crippen LogP contribution in [-0.4, -0.2) is 16.9 Å². The largest absolute Gasteiger partial charge is 0.457 e. The molecule has 2 aromatic rings. The fraction of sp³-hybridized carbons (Fsp3) is 0.263. The number of hydrogen-bond acceptors (Lipinski definition) is 5. The topological polar surface area (TPSA) is 69.7 Å². The van der Waals surface area contributed by atoms with Crippen LogP contribution >= 0.6 is 0 Å².